The van der Waals surface area contributed by atoms with Gasteiger partial charge in [-0.15, -0.1) is 0 Å². The number of rotatable bonds is 6. The van der Waals surface area contributed by atoms with Crippen LogP contribution in [0.5, 0.6) is 0 Å². The fraction of sp³-hybridized carbons (Fsp3) is 1.00. The van der Waals surface area contributed by atoms with Crippen molar-refractivity contribution in [2.45, 2.75) is 159 Å². The van der Waals surface area contributed by atoms with Gasteiger partial charge in [-0.2, -0.15) is 12.6 Å². The SMILES string of the molecule is CC1OC(OC2C(OC3CC(C)C4(C)C(CCC5(S)C4CCC4C6CCCC6(CO)CCC45C)C3C)OCC(O)C2CO)C(O)C(O)C1O. The van der Waals surface area contributed by atoms with Crippen LogP contribution in [0.15, 0.2) is 0 Å². The monoisotopic (exact) mass is 712 g/mol. The fourth-order valence-corrected chi connectivity index (χ4v) is 14.2. The topological polar surface area (TPSA) is 158 Å². The first-order chi connectivity index (χ1) is 23.2. The maximum atomic E-state index is 10.8. The summed E-state index contributed by atoms with van der Waals surface area (Å²) in [6.07, 6.45) is 1.85. The molecule has 2 saturated heterocycles. The van der Waals surface area contributed by atoms with Gasteiger partial charge in [0.05, 0.1) is 31.5 Å². The molecule has 2 heterocycles. The lowest BCUT2D eigenvalue weighted by molar-refractivity contribution is -0.358. The fourth-order valence-electron chi connectivity index (χ4n) is 13.4. The maximum absolute atomic E-state index is 10.8. The van der Waals surface area contributed by atoms with E-state index in [4.69, 9.17) is 31.6 Å². The van der Waals surface area contributed by atoms with Crippen LogP contribution in [-0.2, 0) is 18.9 Å². The van der Waals surface area contributed by atoms with Gasteiger partial charge in [-0.3, -0.25) is 0 Å². The predicted octanol–water partition coefficient (Wildman–Crippen LogP) is 3.28. The minimum Gasteiger partial charge on any atom is -0.396 e. The van der Waals surface area contributed by atoms with Crippen molar-refractivity contribution < 1.29 is 49.6 Å². The molecular weight excluding hydrogens is 648 g/mol. The third-order valence-electron chi connectivity index (χ3n) is 16.6. The Morgan fingerprint density at radius 3 is 2.27 bits per heavy atom. The van der Waals surface area contributed by atoms with E-state index in [1.54, 1.807) is 6.92 Å². The molecule has 0 bridgehead atoms. The highest BCUT2D eigenvalue weighted by Gasteiger charge is 2.70. The van der Waals surface area contributed by atoms with Crippen molar-refractivity contribution in [2.24, 2.45) is 57.7 Å². The van der Waals surface area contributed by atoms with E-state index in [-0.39, 0.29) is 46.2 Å². The number of hydrogen-bond acceptors (Lipinski definition) is 11. The lowest BCUT2D eigenvalue weighted by Gasteiger charge is -2.72. The number of hydrogen-bond donors (Lipinski definition) is 7. The second-order valence-corrected chi connectivity index (χ2v) is 19.0. The van der Waals surface area contributed by atoms with Gasteiger partial charge >= 0.3 is 0 Å². The van der Waals surface area contributed by atoms with Crippen LogP contribution in [0.1, 0.15) is 98.8 Å². The normalized spacial score (nSPS) is 59.0. The van der Waals surface area contributed by atoms with Crippen molar-refractivity contribution in [3.63, 3.8) is 0 Å². The van der Waals surface area contributed by atoms with Crippen LogP contribution in [0.4, 0.5) is 0 Å². The molecule has 11 heteroatoms. The minimum atomic E-state index is -1.53. The molecule has 20 atom stereocenters. The summed E-state index contributed by atoms with van der Waals surface area (Å²) in [6, 6.07) is 0. The third kappa shape index (κ3) is 5.48. The highest BCUT2D eigenvalue weighted by Crippen LogP contribution is 2.75. The molecule has 7 fully saturated rings. The molecule has 2 aliphatic heterocycles. The standard InChI is InChI=1S/C38H64O10S/c1-19-15-27(47-34-32(22(16-39)26(41)17-45-34)48-33-31(44)30(43)29(42)21(3)46-33)20(2)23-10-12-38(49)28(36(19,23)5)9-8-24-25-7-6-11-37(25,18-40)14-13-35(24,38)4/h19-34,39-44,49H,6-18H2,1-5H3. The van der Waals surface area contributed by atoms with Crippen LogP contribution in [0.25, 0.3) is 0 Å². The Labute approximate surface area is 298 Å². The zero-order valence-corrected chi connectivity index (χ0v) is 31.1. The smallest absolute Gasteiger partial charge is 0.187 e. The summed E-state index contributed by atoms with van der Waals surface area (Å²) < 4.78 is 24.8. The minimum absolute atomic E-state index is 0.0259. The van der Waals surface area contributed by atoms with Gasteiger partial charge < -0.3 is 49.6 Å². The molecular formula is C38H64O10S. The van der Waals surface area contributed by atoms with Crippen LogP contribution in [-0.4, -0.2) is 111 Å². The Morgan fingerprint density at radius 2 is 1.55 bits per heavy atom. The molecule has 49 heavy (non-hydrogen) atoms. The Balaban J connectivity index is 1.10. The third-order valence-corrected chi connectivity index (χ3v) is 17.6. The number of aliphatic hydroxyl groups excluding tert-OH is 6. The Kier molecular flexibility index (Phi) is 10.2. The zero-order valence-electron chi connectivity index (χ0n) is 30.2. The zero-order chi connectivity index (χ0) is 35.3. The molecule has 0 aromatic rings. The average Bonchev–Trinajstić information content (AvgIpc) is 3.51. The van der Waals surface area contributed by atoms with E-state index in [9.17, 15) is 30.6 Å². The quantitative estimate of drug-likeness (QED) is 0.161. The second kappa shape index (κ2) is 13.4. The summed E-state index contributed by atoms with van der Waals surface area (Å²) in [7, 11) is 0. The number of aliphatic hydroxyl groups is 6. The summed E-state index contributed by atoms with van der Waals surface area (Å²) in [5, 5.41) is 63.0. The molecule has 282 valence electrons. The van der Waals surface area contributed by atoms with Crippen molar-refractivity contribution in [3.8, 4) is 0 Å². The van der Waals surface area contributed by atoms with Crippen LogP contribution >= 0.6 is 12.6 Å². The highest BCUT2D eigenvalue weighted by molar-refractivity contribution is 7.81. The van der Waals surface area contributed by atoms with E-state index < -0.39 is 55.1 Å². The first-order valence-electron chi connectivity index (χ1n) is 19.4. The molecule has 0 spiro atoms. The van der Waals surface area contributed by atoms with Crippen molar-refractivity contribution in [3.05, 3.63) is 0 Å². The van der Waals surface area contributed by atoms with E-state index in [1.807, 2.05) is 0 Å². The summed E-state index contributed by atoms with van der Waals surface area (Å²) in [5.41, 5.74) is 0.340. The Hall–Kier alpha value is -0.0500. The lowest BCUT2D eigenvalue weighted by Crippen LogP contribution is -2.69. The van der Waals surface area contributed by atoms with Gasteiger partial charge in [-0.05, 0) is 116 Å². The number of thiol groups is 1. The summed E-state index contributed by atoms with van der Waals surface area (Å²) >= 11 is 5.83. The second-order valence-electron chi connectivity index (χ2n) is 18.2. The van der Waals surface area contributed by atoms with Crippen LogP contribution < -0.4 is 0 Å². The van der Waals surface area contributed by atoms with Crippen LogP contribution in [0, 0.1) is 57.7 Å². The van der Waals surface area contributed by atoms with Gasteiger partial charge in [0.2, 0.25) is 0 Å². The molecule has 10 nitrogen and oxygen atoms in total. The first-order valence-corrected chi connectivity index (χ1v) is 19.9. The highest BCUT2D eigenvalue weighted by atomic mass is 32.1. The van der Waals surface area contributed by atoms with Crippen molar-refractivity contribution >= 4 is 12.6 Å². The predicted molar refractivity (Wildman–Crippen MR) is 184 cm³/mol. The molecule has 0 radical (unpaired) electrons. The molecule has 5 aliphatic carbocycles. The van der Waals surface area contributed by atoms with Crippen LogP contribution in [0.2, 0.25) is 0 Å². The van der Waals surface area contributed by atoms with Crippen molar-refractivity contribution in [1.29, 1.82) is 0 Å². The Bertz CT molecular complexity index is 1200. The molecule has 0 aromatic carbocycles. The molecule has 0 amide bonds. The average molecular weight is 713 g/mol. The molecule has 0 aromatic heterocycles. The van der Waals surface area contributed by atoms with E-state index in [1.165, 1.54) is 32.1 Å². The van der Waals surface area contributed by atoms with Gasteiger partial charge in [-0.1, -0.05) is 34.1 Å². The van der Waals surface area contributed by atoms with Gasteiger partial charge in [0, 0.05) is 17.3 Å². The lowest BCUT2D eigenvalue weighted by atomic mass is 9.36. The van der Waals surface area contributed by atoms with Gasteiger partial charge in [0.15, 0.2) is 12.6 Å². The van der Waals surface area contributed by atoms with Crippen LogP contribution in [0.3, 0.4) is 0 Å². The Morgan fingerprint density at radius 1 is 0.796 bits per heavy atom. The largest absolute Gasteiger partial charge is 0.396 e. The summed E-state index contributed by atoms with van der Waals surface area (Å²) in [6.45, 7) is 11.3. The van der Waals surface area contributed by atoms with E-state index >= 15 is 0 Å². The summed E-state index contributed by atoms with van der Waals surface area (Å²) in [4.78, 5) is 0. The maximum Gasteiger partial charge on any atom is 0.187 e. The van der Waals surface area contributed by atoms with E-state index in [0.29, 0.717) is 36.2 Å². The van der Waals surface area contributed by atoms with Crippen molar-refractivity contribution in [2.75, 3.05) is 19.8 Å². The number of ether oxygens (including phenoxy) is 4. The molecule has 7 rings (SSSR count). The van der Waals surface area contributed by atoms with Gasteiger partial charge in [-0.25, -0.2) is 0 Å². The molecule has 5 saturated carbocycles. The van der Waals surface area contributed by atoms with E-state index in [2.05, 4.69) is 27.7 Å². The van der Waals surface area contributed by atoms with E-state index in [0.717, 1.165) is 32.1 Å². The first kappa shape index (κ1) is 37.3. The molecule has 6 N–H and O–H groups in total. The van der Waals surface area contributed by atoms with Crippen molar-refractivity contribution in [1.82, 2.24) is 0 Å². The van der Waals surface area contributed by atoms with Gasteiger partial charge in [0.1, 0.15) is 24.4 Å². The summed E-state index contributed by atoms with van der Waals surface area (Å²) in [5.74, 6) is 1.93. The van der Waals surface area contributed by atoms with Gasteiger partial charge in [0.25, 0.3) is 0 Å². The molecule has 7 aliphatic rings. The number of fused-ring (bicyclic) bond motifs is 7. The molecule has 20 unspecified atom stereocenters.